The van der Waals surface area contributed by atoms with Crippen molar-refractivity contribution < 1.29 is 14.6 Å². The minimum atomic E-state index is -0.0938. The molecule has 1 amide bonds. The Hall–Kier alpha value is -3.21. The van der Waals surface area contributed by atoms with E-state index in [1.54, 1.807) is 29.2 Å². The van der Waals surface area contributed by atoms with E-state index in [1.807, 2.05) is 24.3 Å². The number of amides is 1. The van der Waals surface area contributed by atoms with E-state index in [-0.39, 0.29) is 18.3 Å². The molecule has 0 saturated carbocycles. The fraction of sp³-hybridized carbons (Fsp3) is 0.393. The average Bonchev–Trinajstić information content (AvgIpc) is 2.79. The highest BCUT2D eigenvalue weighted by molar-refractivity contribution is 5.94. The second-order valence-electron chi connectivity index (χ2n) is 8.48. The Balaban J connectivity index is 1.99. The molecule has 0 saturated heterocycles. The van der Waals surface area contributed by atoms with Gasteiger partial charge in [0.15, 0.2) is 6.61 Å². The number of unbranched alkanes of at least 4 members (excludes halogenated alkanes) is 1. The fourth-order valence-corrected chi connectivity index (χ4v) is 3.30. The summed E-state index contributed by atoms with van der Waals surface area (Å²) in [6.45, 7) is 9.86. The Morgan fingerprint density at radius 3 is 2.55 bits per heavy atom. The molecule has 0 heterocycles. The molecule has 2 aromatic carbocycles. The average molecular weight is 451 g/mol. The molecule has 0 atom stereocenters. The maximum atomic E-state index is 13.0. The van der Waals surface area contributed by atoms with Crippen LogP contribution >= 0.6 is 0 Å². The van der Waals surface area contributed by atoms with Crippen molar-refractivity contribution in [3.05, 3.63) is 71.8 Å². The van der Waals surface area contributed by atoms with Crippen LogP contribution in [0.15, 0.2) is 71.8 Å². The van der Waals surface area contributed by atoms with Crippen molar-refractivity contribution in [3.63, 3.8) is 0 Å². The summed E-state index contributed by atoms with van der Waals surface area (Å²) in [6.07, 6.45) is 8.53. The molecule has 2 aromatic rings. The summed E-state index contributed by atoms with van der Waals surface area (Å²) in [4.78, 5) is 14.8. The number of nitrogens with one attached hydrogen (secondary N) is 1. The summed E-state index contributed by atoms with van der Waals surface area (Å²) in [5.41, 5.74) is 4.56. The molecule has 5 nitrogen and oxygen atoms in total. The van der Waals surface area contributed by atoms with Gasteiger partial charge in [-0.05, 0) is 82.5 Å². The SMILES string of the molecule is CCCCN(C(=O)COc1ccc(O)cc1)c1cccc(NC/C=C(\C)CCC=C(C)C)c1. The van der Waals surface area contributed by atoms with Gasteiger partial charge in [-0.2, -0.15) is 0 Å². The van der Waals surface area contributed by atoms with E-state index in [2.05, 4.69) is 45.2 Å². The van der Waals surface area contributed by atoms with Crippen molar-refractivity contribution in [2.24, 2.45) is 0 Å². The van der Waals surface area contributed by atoms with E-state index >= 15 is 0 Å². The number of hydrogen-bond donors (Lipinski definition) is 2. The molecule has 0 spiro atoms. The minimum absolute atomic E-state index is 0.0558. The number of carbonyl (C=O) groups is 1. The van der Waals surface area contributed by atoms with Gasteiger partial charge in [-0.3, -0.25) is 4.79 Å². The first-order valence-electron chi connectivity index (χ1n) is 11.7. The van der Waals surface area contributed by atoms with Gasteiger partial charge in [0.2, 0.25) is 0 Å². The zero-order chi connectivity index (χ0) is 24.1. The first kappa shape index (κ1) is 26.0. The first-order chi connectivity index (χ1) is 15.9. The van der Waals surface area contributed by atoms with Crippen LogP contribution < -0.4 is 15.0 Å². The van der Waals surface area contributed by atoms with Gasteiger partial charge in [0.1, 0.15) is 11.5 Å². The Kier molecular flexibility index (Phi) is 11.1. The van der Waals surface area contributed by atoms with Crippen molar-refractivity contribution in [2.75, 3.05) is 29.9 Å². The third kappa shape index (κ3) is 9.85. The van der Waals surface area contributed by atoms with Crippen LogP contribution in [0.3, 0.4) is 0 Å². The van der Waals surface area contributed by atoms with Gasteiger partial charge in [-0.1, -0.05) is 42.7 Å². The van der Waals surface area contributed by atoms with E-state index < -0.39 is 0 Å². The van der Waals surface area contributed by atoms with Crippen molar-refractivity contribution >= 4 is 17.3 Å². The standard InChI is InChI=1S/C28H38N2O3/c1-5-6-19-30(28(32)21-33-27-15-13-26(31)14-16-27)25-12-8-11-24(20-25)29-18-17-23(4)10-7-9-22(2)3/h8-9,11-17,20,29,31H,5-7,10,18-19,21H2,1-4H3/b23-17+. The largest absolute Gasteiger partial charge is 0.508 e. The number of ether oxygens (including phenoxy) is 1. The highest BCUT2D eigenvalue weighted by Gasteiger charge is 2.16. The molecular formula is C28H38N2O3. The summed E-state index contributed by atoms with van der Waals surface area (Å²) in [5.74, 6) is 0.628. The number of nitrogens with zero attached hydrogens (tertiary/aromatic N) is 1. The zero-order valence-corrected chi connectivity index (χ0v) is 20.4. The molecule has 0 fully saturated rings. The first-order valence-corrected chi connectivity index (χ1v) is 11.7. The lowest BCUT2D eigenvalue weighted by atomic mass is 10.1. The van der Waals surface area contributed by atoms with Crippen LogP contribution in [0.5, 0.6) is 11.5 Å². The number of benzene rings is 2. The number of hydrogen-bond acceptors (Lipinski definition) is 4. The highest BCUT2D eigenvalue weighted by Crippen LogP contribution is 2.22. The molecule has 178 valence electrons. The molecule has 33 heavy (non-hydrogen) atoms. The molecule has 0 aliphatic heterocycles. The quantitative estimate of drug-likeness (QED) is 0.333. The summed E-state index contributed by atoms with van der Waals surface area (Å²) >= 11 is 0. The molecule has 0 aromatic heterocycles. The van der Waals surface area contributed by atoms with Crippen LogP contribution in [0.2, 0.25) is 0 Å². The number of allylic oxidation sites excluding steroid dienone is 3. The monoisotopic (exact) mass is 450 g/mol. The fourth-order valence-electron chi connectivity index (χ4n) is 3.30. The van der Waals surface area contributed by atoms with Gasteiger partial charge < -0.3 is 20.1 Å². The Morgan fingerprint density at radius 2 is 1.85 bits per heavy atom. The van der Waals surface area contributed by atoms with Crippen LogP contribution in [0.4, 0.5) is 11.4 Å². The Morgan fingerprint density at radius 1 is 1.09 bits per heavy atom. The van der Waals surface area contributed by atoms with Gasteiger partial charge in [0.25, 0.3) is 5.91 Å². The van der Waals surface area contributed by atoms with Gasteiger partial charge in [-0.25, -0.2) is 0 Å². The maximum absolute atomic E-state index is 13.0. The van der Waals surface area contributed by atoms with Gasteiger partial charge in [0, 0.05) is 24.5 Å². The van der Waals surface area contributed by atoms with Crippen LogP contribution in [0, 0.1) is 0 Å². The van der Waals surface area contributed by atoms with Crippen molar-refractivity contribution in [3.8, 4) is 11.5 Å². The third-order valence-corrected chi connectivity index (χ3v) is 5.24. The minimum Gasteiger partial charge on any atom is -0.508 e. The van der Waals surface area contributed by atoms with Crippen molar-refractivity contribution in [1.29, 1.82) is 0 Å². The van der Waals surface area contributed by atoms with Crippen LogP contribution in [0.1, 0.15) is 53.4 Å². The number of anilines is 2. The van der Waals surface area contributed by atoms with Gasteiger partial charge >= 0.3 is 0 Å². The van der Waals surface area contributed by atoms with E-state index in [1.165, 1.54) is 11.1 Å². The van der Waals surface area contributed by atoms with Crippen molar-refractivity contribution in [2.45, 2.75) is 53.4 Å². The predicted molar refractivity (Wildman–Crippen MR) is 138 cm³/mol. The predicted octanol–water partition coefficient (Wildman–Crippen LogP) is 6.71. The number of carbonyl (C=O) groups excluding carboxylic acids is 1. The van der Waals surface area contributed by atoms with Crippen LogP contribution in [0.25, 0.3) is 0 Å². The van der Waals surface area contributed by atoms with E-state index in [4.69, 9.17) is 4.74 Å². The summed E-state index contributed by atoms with van der Waals surface area (Å²) in [6, 6.07) is 14.3. The summed E-state index contributed by atoms with van der Waals surface area (Å²) in [5, 5.41) is 12.8. The molecule has 0 radical (unpaired) electrons. The number of rotatable bonds is 13. The molecule has 0 aliphatic rings. The summed E-state index contributed by atoms with van der Waals surface area (Å²) in [7, 11) is 0. The van der Waals surface area contributed by atoms with Crippen LogP contribution in [-0.2, 0) is 4.79 Å². The third-order valence-electron chi connectivity index (χ3n) is 5.24. The Labute approximate surface area is 198 Å². The topological polar surface area (TPSA) is 61.8 Å². The lowest BCUT2D eigenvalue weighted by Crippen LogP contribution is -2.35. The second kappa shape index (κ2) is 14.0. The molecule has 0 unspecified atom stereocenters. The smallest absolute Gasteiger partial charge is 0.264 e. The second-order valence-corrected chi connectivity index (χ2v) is 8.48. The highest BCUT2D eigenvalue weighted by atomic mass is 16.5. The van der Waals surface area contributed by atoms with Gasteiger partial charge in [0.05, 0.1) is 0 Å². The molecular weight excluding hydrogens is 412 g/mol. The number of aromatic hydroxyl groups is 1. The maximum Gasteiger partial charge on any atom is 0.264 e. The normalized spacial score (nSPS) is 11.1. The molecule has 2 rings (SSSR count). The lowest BCUT2D eigenvalue weighted by molar-refractivity contribution is -0.120. The number of phenols is 1. The summed E-state index contributed by atoms with van der Waals surface area (Å²) < 4.78 is 5.64. The lowest BCUT2D eigenvalue weighted by Gasteiger charge is -2.23. The van der Waals surface area contributed by atoms with Crippen molar-refractivity contribution in [1.82, 2.24) is 0 Å². The van der Waals surface area contributed by atoms with E-state index in [0.29, 0.717) is 12.3 Å². The zero-order valence-electron chi connectivity index (χ0n) is 20.4. The molecule has 0 bridgehead atoms. The molecule has 5 heteroatoms. The molecule has 2 N–H and O–H groups in total. The molecule has 0 aliphatic carbocycles. The Bertz CT molecular complexity index is 928. The van der Waals surface area contributed by atoms with Gasteiger partial charge in [-0.15, -0.1) is 0 Å². The number of phenolic OH excluding ortho intramolecular Hbond substituents is 1. The van der Waals surface area contributed by atoms with E-state index in [9.17, 15) is 9.90 Å². The van der Waals surface area contributed by atoms with E-state index in [0.717, 1.165) is 43.6 Å². The van der Waals surface area contributed by atoms with Crippen LogP contribution in [-0.4, -0.2) is 30.7 Å².